The molecule has 4 rings (SSSR count). The molecule has 2 N–H and O–H groups in total. The van der Waals surface area contributed by atoms with Gasteiger partial charge in [-0.05, 0) is 43.5 Å². The molecule has 0 unspecified atom stereocenters. The zero-order valence-corrected chi connectivity index (χ0v) is 15.1. The summed E-state index contributed by atoms with van der Waals surface area (Å²) in [6, 6.07) is 11.0. The van der Waals surface area contributed by atoms with Gasteiger partial charge in [-0.3, -0.25) is 14.7 Å². The molecule has 1 fully saturated rings. The highest BCUT2D eigenvalue weighted by atomic mass is 16.2. The van der Waals surface area contributed by atoms with Gasteiger partial charge in [0.25, 0.3) is 11.5 Å². The molecule has 7 nitrogen and oxygen atoms in total. The molecule has 1 aliphatic rings. The number of nitrogens with one attached hydrogen (secondary N) is 2. The number of benzene rings is 1. The summed E-state index contributed by atoms with van der Waals surface area (Å²) >= 11 is 0. The third kappa shape index (κ3) is 3.67. The highest BCUT2D eigenvalue weighted by Crippen LogP contribution is 2.26. The molecule has 3 aromatic rings. The summed E-state index contributed by atoms with van der Waals surface area (Å²) in [7, 11) is 0. The molecule has 3 heterocycles. The Bertz CT molecular complexity index is 992. The number of hydrogen-bond donors (Lipinski definition) is 2. The molecule has 1 aliphatic heterocycles. The van der Waals surface area contributed by atoms with Gasteiger partial charge in [0.2, 0.25) is 0 Å². The van der Waals surface area contributed by atoms with Crippen molar-refractivity contribution in [3.8, 4) is 11.3 Å². The number of carbonyl (C=O) groups is 1. The minimum absolute atomic E-state index is 0.0115. The van der Waals surface area contributed by atoms with Gasteiger partial charge < -0.3 is 9.88 Å². The topological polar surface area (TPSA) is 94.7 Å². The Labute approximate surface area is 156 Å². The molecule has 138 valence electrons. The number of rotatable bonds is 3. The number of likely N-dealkylation sites (tertiary alicyclic amines) is 1. The third-order valence-electron chi connectivity index (χ3n) is 4.95. The predicted octanol–water partition coefficient (Wildman–Crippen LogP) is 2.49. The van der Waals surface area contributed by atoms with Crippen molar-refractivity contribution in [1.82, 2.24) is 25.1 Å². The van der Waals surface area contributed by atoms with Crippen LogP contribution in [0.25, 0.3) is 11.3 Å². The van der Waals surface area contributed by atoms with E-state index in [2.05, 4.69) is 20.2 Å². The van der Waals surface area contributed by atoms with Crippen molar-refractivity contribution in [2.45, 2.75) is 25.7 Å². The zero-order chi connectivity index (χ0) is 18.8. The lowest BCUT2D eigenvalue weighted by atomic mass is 9.94. The van der Waals surface area contributed by atoms with Gasteiger partial charge in [-0.25, -0.2) is 4.98 Å². The number of piperidine rings is 1. The van der Waals surface area contributed by atoms with E-state index in [1.54, 1.807) is 19.2 Å². The van der Waals surface area contributed by atoms with Crippen LogP contribution in [-0.4, -0.2) is 44.1 Å². The van der Waals surface area contributed by atoms with E-state index in [9.17, 15) is 9.59 Å². The van der Waals surface area contributed by atoms with Crippen LogP contribution in [0.4, 0.5) is 0 Å². The van der Waals surface area contributed by atoms with E-state index in [4.69, 9.17) is 0 Å². The molecular formula is C20H21N5O2. The summed E-state index contributed by atoms with van der Waals surface area (Å²) in [6.45, 7) is 3.08. The maximum Gasteiger partial charge on any atom is 0.253 e. The van der Waals surface area contributed by atoms with E-state index >= 15 is 0 Å². The molecule has 7 heteroatoms. The lowest BCUT2D eigenvalue weighted by Crippen LogP contribution is -2.39. The molecular weight excluding hydrogens is 342 g/mol. The Morgan fingerprint density at radius 1 is 1.22 bits per heavy atom. The first-order chi connectivity index (χ1) is 13.1. The highest BCUT2D eigenvalue weighted by Gasteiger charge is 2.26. The van der Waals surface area contributed by atoms with E-state index < -0.39 is 0 Å². The number of carbonyl (C=O) groups excluding carboxylic acids is 1. The fourth-order valence-corrected chi connectivity index (χ4v) is 3.61. The summed E-state index contributed by atoms with van der Waals surface area (Å²) < 4.78 is 0. The molecule has 27 heavy (non-hydrogen) atoms. The molecule has 1 aromatic carbocycles. The van der Waals surface area contributed by atoms with Crippen LogP contribution in [0.5, 0.6) is 0 Å². The standard InChI is InChI=1S/C20H21N5O2/c1-13-22-18(11-19(26)23-13)16-3-2-10-25(12-16)20(27)15-6-4-14(5-7-15)17-8-9-21-24-17/h4-9,11,16H,2-3,10,12H2,1H3,(H,21,24)(H,22,23,26)/t16-/m0/s1. The molecule has 2 aromatic heterocycles. The Morgan fingerprint density at radius 3 is 2.74 bits per heavy atom. The van der Waals surface area contributed by atoms with Crippen LogP contribution in [0.1, 0.15) is 40.6 Å². The highest BCUT2D eigenvalue weighted by molar-refractivity contribution is 5.94. The van der Waals surface area contributed by atoms with Crippen molar-refractivity contribution in [3.63, 3.8) is 0 Å². The quantitative estimate of drug-likeness (QED) is 0.747. The van der Waals surface area contributed by atoms with Gasteiger partial charge in [0.05, 0.1) is 11.4 Å². The minimum atomic E-state index is -0.143. The number of H-pyrrole nitrogens is 2. The monoisotopic (exact) mass is 363 g/mol. The average molecular weight is 363 g/mol. The average Bonchev–Trinajstić information content (AvgIpc) is 3.22. The Kier molecular flexibility index (Phi) is 4.58. The Hall–Kier alpha value is -3.22. The lowest BCUT2D eigenvalue weighted by molar-refractivity contribution is 0.0706. The zero-order valence-electron chi connectivity index (χ0n) is 15.1. The van der Waals surface area contributed by atoms with Crippen LogP contribution in [0.15, 0.2) is 47.4 Å². The van der Waals surface area contributed by atoms with E-state index in [1.165, 1.54) is 0 Å². The fourth-order valence-electron chi connectivity index (χ4n) is 3.61. The summed E-state index contributed by atoms with van der Waals surface area (Å²) in [6.07, 6.45) is 3.53. The second-order valence-electron chi connectivity index (χ2n) is 6.89. The largest absolute Gasteiger partial charge is 0.338 e. The van der Waals surface area contributed by atoms with Gasteiger partial charge in [-0.15, -0.1) is 0 Å². The number of aromatic nitrogens is 4. The minimum Gasteiger partial charge on any atom is -0.338 e. The van der Waals surface area contributed by atoms with Crippen LogP contribution in [0.2, 0.25) is 0 Å². The SMILES string of the molecule is Cc1nc([C@H]2CCCN(C(=O)c3ccc(-c4ccn[nH]4)cc3)C2)cc(=O)[nH]1. The molecule has 0 bridgehead atoms. The molecule has 0 saturated carbocycles. The third-order valence-corrected chi connectivity index (χ3v) is 4.95. The Balaban J connectivity index is 1.50. The van der Waals surface area contributed by atoms with Gasteiger partial charge in [0.1, 0.15) is 5.82 Å². The number of amides is 1. The predicted molar refractivity (Wildman–Crippen MR) is 101 cm³/mol. The van der Waals surface area contributed by atoms with Gasteiger partial charge in [-0.1, -0.05) is 12.1 Å². The number of hydrogen-bond acceptors (Lipinski definition) is 4. The van der Waals surface area contributed by atoms with E-state index in [1.807, 2.05) is 35.2 Å². The Morgan fingerprint density at radius 2 is 2.04 bits per heavy atom. The van der Waals surface area contributed by atoms with Crippen LogP contribution in [0, 0.1) is 6.92 Å². The van der Waals surface area contributed by atoms with Crippen molar-refractivity contribution in [3.05, 3.63) is 70.0 Å². The second kappa shape index (κ2) is 7.19. The van der Waals surface area contributed by atoms with E-state index in [-0.39, 0.29) is 17.4 Å². The molecule has 1 saturated heterocycles. The lowest BCUT2D eigenvalue weighted by Gasteiger charge is -2.32. The normalized spacial score (nSPS) is 17.1. The molecule has 0 spiro atoms. The maximum atomic E-state index is 12.9. The first-order valence-electron chi connectivity index (χ1n) is 9.07. The van der Waals surface area contributed by atoms with Gasteiger partial charge in [-0.2, -0.15) is 5.10 Å². The molecule has 0 radical (unpaired) electrons. The summed E-state index contributed by atoms with van der Waals surface area (Å²) in [5.74, 6) is 0.709. The number of aryl methyl sites for hydroxylation is 1. The first kappa shape index (κ1) is 17.2. The van der Waals surface area contributed by atoms with Crippen molar-refractivity contribution >= 4 is 5.91 Å². The summed E-state index contributed by atoms with van der Waals surface area (Å²) in [5, 5.41) is 6.87. The van der Waals surface area contributed by atoms with Crippen molar-refractivity contribution in [2.75, 3.05) is 13.1 Å². The summed E-state index contributed by atoms with van der Waals surface area (Å²) in [5.41, 5.74) is 3.19. The number of aromatic amines is 2. The van der Waals surface area contributed by atoms with Crippen molar-refractivity contribution in [1.29, 1.82) is 0 Å². The van der Waals surface area contributed by atoms with Crippen LogP contribution in [-0.2, 0) is 0 Å². The first-order valence-corrected chi connectivity index (χ1v) is 9.07. The van der Waals surface area contributed by atoms with Gasteiger partial charge in [0.15, 0.2) is 0 Å². The van der Waals surface area contributed by atoms with Crippen LogP contribution >= 0.6 is 0 Å². The van der Waals surface area contributed by atoms with E-state index in [0.717, 1.165) is 36.3 Å². The van der Waals surface area contributed by atoms with Crippen LogP contribution in [0.3, 0.4) is 0 Å². The maximum absolute atomic E-state index is 12.9. The fraction of sp³-hybridized carbons (Fsp3) is 0.300. The van der Waals surface area contributed by atoms with Crippen molar-refractivity contribution in [2.24, 2.45) is 0 Å². The van der Waals surface area contributed by atoms with E-state index in [0.29, 0.717) is 17.9 Å². The van der Waals surface area contributed by atoms with Gasteiger partial charge in [0, 0.05) is 36.8 Å². The second-order valence-corrected chi connectivity index (χ2v) is 6.89. The molecule has 1 amide bonds. The van der Waals surface area contributed by atoms with Crippen molar-refractivity contribution < 1.29 is 4.79 Å². The van der Waals surface area contributed by atoms with Gasteiger partial charge >= 0.3 is 0 Å². The summed E-state index contributed by atoms with van der Waals surface area (Å²) in [4.78, 5) is 33.7. The molecule has 1 atom stereocenters. The number of nitrogens with zero attached hydrogens (tertiary/aromatic N) is 3. The smallest absolute Gasteiger partial charge is 0.253 e. The molecule has 0 aliphatic carbocycles. The van der Waals surface area contributed by atoms with Crippen LogP contribution < -0.4 is 5.56 Å².